The van der Waals surface area contributed by atoms with E-state index in [4.69, 9.17) is 10.5 Å². The van der Waals surface area contributed by atoms with Crippen LogP contribution in [0.5, 0.6) is 0 Å². The summed E-state index contributed by atoms with van der Waals surface area (Å²) in [7, 11) is 0. The number of esters is 1. The maximum Gasteiger partial charge on any atom is 0.320 e. The van der Waals surface area contributed by atoms with Gasteiger partial charge in [0.1, 0.15) is 5.60 Å². The van der Waals surface area contributed by atoms with Crippen molar-refractivity contribution in [1.29, 1.82) is 0 Å². The molecule has 0 bridgehead atoms. The summed E-state index contributed by atoms with van der Waals surface area (Å²) in [5.41, 5.74) is 5.57. The van der Waals surface area contributed by atoms with E-state index in [0.717, 1.165) is 45.1 Å². The zero-order chi connectivity index (χ0) is 15.2. The Kier molecular flexibility index (Phi) is 6.96. The molecule has 0 aromatic carbocycles. The lowest BCUT2D eigenvalue weighted by atomic mass is 9.90. The highest BCUT2D eigenvalue weighted by atomic mass is 16.6. The zero-order valence-electron chi connectivity index (χ0n) is 13.7. The Morgan fingerprint density at radius 3 is 2.35 bits per heavy atom. The number of unbranched alkanes of at least 4 members (excludes halogenated alkanes) is 1. The van der Waals surface area contributed by atoms with Gasteiger partial charge in [0.05, 0.1) is 6.54 Å². The highest BCUT2D eigenvalue weighted by Crippen LogP contribution is 2.22. The van der Waals surface area contributed by atoms with Crippen LogP contribution in [0.15, 0.2) is 0 Å². The molecule has 20 heavy (non-hydrogen) atoms. The molecule has 4 heteroatoms. The first kappa shape index (κ1) is 17.4. The Morgan fingerprint density at radius 1 is 1.25 bits per heavy atom. The Bertz CT molecular complexity index is 291. The molecule has 1 aliphatic carbocycles. The van der Waals surface area contributed by atoms with Crippen molar-refractivity contribution in [3.8, 4) is 0 Å². The van der Waals surface area contributed by atoms with Gasteiger partial charge in [-0.2, -0.15) is 0 Å². The van der Waals surface area contributed by atoms with Gasteiger partial charge in [-0.1, -0.05) is 13.3 Å². The Labute approximate surface area is 124 Å². The van der Waals surface area contributed by atoms with Crippen LogP contribution < -0.4 is 5.73 Å². The van der Waals surface area contributed by atoms with E-state index in [1.54, 1.807) is 0 Å². The lowest BCUT2D eigenvalue weighted by molar-refractivity contribution is -0.157. The van der Waals surface area contributed by atoms with E-state index in [1.165, 1.54) is 0 Å². The fourth-order valence-corrected chi connectivity index (χ4v) is 2.76. The van der Waals surface area contributed by atoms with Crippen LogP contribution in [0.3, 0.4) is 0 Å². The molecular weight excluding hydrogens is 252 g/mol. The van der Waals surface area contributed by atoms with Crippen LogP contribution in [0, 0.1) is 0 Å². The standard InChI is InChI=1S/C16H32N2O2/c1-5-6-11-18(12-15(19)20-16(2,3)4)14-9-7-13(17)8-10-14/h13-14H,5-12,17H2,1-4H3/t13-,14-. The quantitative estimate of drug-likeness (QED) is 0.762. The zero-order valence-corrected chi connectivity index (χ0v) is 13.7. The van der Waals surface area contributed by atoms with E-state index in [0.29, 0.717) is 18.6 Å². The van der Waals surface area contributed by atoms with E-state index >= 15 is 0 Å². The molecule has 0 amide bonds. The summed E-state index contributed by atoms with van der Waals surface area (Å²) in [4.78, 5) is 14.4. The van der Waals surface area contributed by atoms with Crippen molar-refractivity contribution >= 4 is 5.97 Å². The second kappa shape index (κ2) is 7.99. The minimum Gasteiger partial charge on any atom is -0.459 e. The number of rotatable bonds is 6. The molecule has 0 heterocycles. The molecule has 118 valence electrons. The Balaban J connectivity index is 2.53. The number of carbonyl (C=O) groups is 1. The topological polar surface area (TPSA) is 55.6 Å². The molecule has 0 spiro atoms. The van der Waals surface area contributed by atoms with Crippen molar-refractivity contribution < 1.29 is 9.53 Å². The monoisotopic (exact) mass is 284 g/mol. The third kappa shape index (κ3) is 6.71. The van der Waals surface area contributed by atoms with Crippen LogP contribution >= 0.6 is 0 Å². The maximum atomic E-state index is 12.1. The summed E-state index contributed by atoms with van der Waals surface area (Å²) in [6, 6.07) is 0.842. The van der Waals surface area contributed by atoms with Gasteiger partial charge in [-0.15, -0.1) is 0 Å². The number of ether oxygens (including phenoxy) is 1. The van der Waals surface area contributed by atoms with Crippen molar-refractivity contribution in [2.75, 3.05) is 13.1 Å². The highest BCUT2D eigenvalue weighted by Gasteiger charge is 2.27. The molecule has 1 aliphatic rings. The third-order valence-corrected chi connectivity index (χ3v) is 3.81. The molecule has 0 unspecified atom stereocenters. The molecular formula is C16H32N2O2. The fourth-order valence-electron chi connectivity index (χ4n) is 2.76. The second-order valence-electron chi connectivity index (χ2n) is 6.98. The molecule has 4 nitrogen and oxygen atoms in total. The van der Waals surface area contributed by atoms with E-state index in [2.05, 4.69) is 11.8 Å². The summed E-state index contributed by atoms with van der Waals surface area (Å²) in [6.45, 7) is 9.33. The minimum absolute atomic E-state index is 0.108. The van der Waals surface area contributed by atoms with Gasteiger partial charge in [0.15, 0.2) is 0 Å². The molecule has 0 radical (unpaired) electrons. The van der Waals surface area contributed by atoms with Gasteiger partial charge in [-0.25, -0.2) is 0 Å². The lowest BCUT2D eigenvalue weighted by Crippen LogP contribution is -2.45. The SMILES string of the molecule is CCCCN(CC(=O)OC(C)(C)C)[C@H]1CC[C@H](N)CC1. The van der Waals surface area contributed by atoms with Crippen LogP contribution in [0.4, 0.5) is 0 Å². The molecule has 0 aromatic rings. The first-order valence-electron chi connectivity index (χ1n) is 8.03. The number of carbonyl (C=O) groups excluding carboxylic acids is 1. The molecule has 1 saturated carbocycles. The average Bonchev–Trinajstić information content (AvgIpc) is 2.33. The highest BCUT2D eigenvalue weighted by molar-refractivity contribution is 5.72. The van der Waals surface area contributed by atoms with Crippen molar-refractivity contribution in [3.05, 3.63) is 0 Å². The lowest BCUT2D eigenvalue weighted by Gasteiger charge is -2.36. The summed E-state index contributed by atoms with van der Waals surface area (Å²) in [5.74, 6) is -0.108. The number of hydrogen-bond donors (Lipinski definition) is 1. The summed E-state index contributed by atoms with van der Waals surface area (Å²) in [5, 5.41) is 0. The van der Waals surface area contributed by atoms with Crippen LogP contribution in [-0.2, 0) is 9.53 Å². The normalized spacial score (nSPS) is 23.9. The van der Waals surface area contributed by atoms with E-state index in [9.17, 15) is 4.79 Å². The minimum atomic E-state index is -0.400. The fraction of sp³-hybridized carbons (Fsp3) is 0.938. The molecule has 0 aromatic heterocycles. The first-order chi connectivity index (χ1) is 9.31. The van der Waals surface area contributed by atoms with E-state index in [-0.39, 0.29) is 5.97 Å². The van der Waals surface area contributed by atoms with E-state index < -0.39 is 5.60 Å². The van der Waals surface area contributed by atoms with Crippen LogP contribution in [0.2, 0.25) is 0 Å². The third-order valence-electron chi connectivity index (χ3n) is 3.81. The van der Waals surface area contributed by atoms with Gasteiger partial charge in [-0.3, -0.25) is 9.69 Å². The average molecular weight is 284 g/mol. The van der Waals surface area contributed by atoms with Gasteiger partial charge >= 0.3 is 5.97 Å². The molecule has 0 atom stereocenters. The molecule has 0 saturated heterocycles. The molecule has 1 fully saturated rings. The number of nitrogens with two attached hydrogens (primary N) is 1. The molecule has 2 N–H and O–H groups in total. The van der Waals surface area contributed by atoms with Crippen molar-refractivity contribution in [2.45, 2.75) is 83.9 Å². The van der Waals surface area contributed by atoms with Gasteiger partial charge in [0, 0.05) is 12.1 Å². The van der Waals surface area contributed by atoms with Crippen LogP contribution in [-0.4, -0.2) is 41.6 Å². The van der Waals surface area contributed by atoms with Crippen molar-refractivity contribution in [1.82, 2.24) is 4.90 Å². The first-order valence-corrected chi connectivity index (χ1v) is 8.03. The van der Waals surface area contributed by atoms with Crippen LogP contribution in [0.25, 0.3) is 0 Å². The van der Waals surface area contributed by atoms with Gasteiger partial charge < -0.3 is 10.5 Å². The predicted octanol–water partition coefficient (Wildman–Crippen LogP) is 2.70. The second-order valence-corrected chi connectivity index (χ2v) is 6.98. The maximum absolute atomic E-state index is 12.1. The molecule has 0 aliphatic heterocycles. The predicted molar refractivity (Wildman–Crippen MR) is 82.6 cm³/mol. The summed E-state index contributed by atoms with van der Waals surface area (Å²) >= 11 is 0. The number of hydrogen-bond acceptors (Lipinski definition) is 4. The van der Waals surface area contributed by atoms with Gasteiger partial charge in [0.25, 0.3) is 0 Å². The summed E-state index contributed by atoms with van der Waals surface area (Å²) < 4.78 is 5.45. The Hall–Kier alpha value is -0.610. The van der Waals surface area contributed by atoms with Crippen LogP contribution in [0.1, 0.15) is 66.2 Å². The van der Waals surface area contributed by atoms with E-state index in [1.807, 2.05) is 20.8 Å². The molecule has 1 rings (SSSR count). The van der Waals surface area contributed by atoms with Crippen molar-refractivity contribution in [2.24, 2.45) is 5.73 Å². The smallest absolute Gasteiger partial charge is 0.320 e. The Morgan fingerprint density at radius 2 is 1.85 bits per heavy atom. The number of nitrogens with zero attached hydrogens (tertiary/aromatic N) is 1. The van der Waals surface area contributed by atoms with Crippen molar-refractivity contribution in [3.63, 3.8) is 0 Å². The summed E-state index contributed by atoms with van der Waals surface area (Å²) in [6.07, 6.45) is 6.63. The largest absolute Gasteiger partial charge is 0.459 e. The van der Waals surface area contributed by atoms with Gasteiger partial charge in [-0.05, 0) is 59.4 Å². The van der Waals surface area contributed by atoms with Gasteiger partial charge in [0.2, 0.25) is 0 Å².